The number of aromatic amines is 1. The molecule has 1 aromatic heterocycles. The highest BCUT2D eigenvalue weighted by Gasteiger charge is 2.42. The first-order chi connectivity index (χ1) is 25.2. The number of anilines is 1. The van der Waals surface area contributed by atoms with Crippen molar-refractivity contribution in [2.75, 3.05) is 31.5 Å². The van der Waals surface area contributed by atoms with Gasteiger partial charge >= 0.3 is 12.1 Å². The molecule has 0 unspecified atom stereocenters. The number of phenolic OH excluding ortho intramolecular Hbond substituents is 1. The highest BCUT2D eigenvalue weighted by Crippen LogP contribution is 2.29. The Morgan fingerprint density at radius 1 is 1.00 bits per heavy atom. The lowest BCUT2D eigenvalue weighted by Gasteiger charge is -2.31. The summed E-state index contributed by atoms with van der Waals surface area (Å²) >= 11 is 0. The largest absolute Gasteiger partial charge is 0.506 e. The average molecular weight is 738 g/mol. The number of pyridine rings is 1. The maximum Gasteiger partial charge on any atom is 0.490 e. The third kappa shape index (κ3) is 10.4. The summed E-state index contributed by atoms with van der Waals surface area (Å²) in [5, 5.41) is 30.6. The van der Waals surface area contributed by atoms with Crippen molar-refractivity contribution in [3.63, 3.8) is 0 Å². The molecule has 1 saturated heterocycles. The van der Waals surface area contributed by atoms with Crippen LogP contribution in [0.2, 0.25) is 0 Å². The van der Waals surface area contributed by atoms with Crippen LogP contribution in [-0.2, 0) is 27.4 Å². The molecule has 5 rings (SSSR count). The number of hydrogen-bond donors (Lipinski definition) is 6. The number of likely N-dealkylation sites (tertiary alicyclic amines) is 1. The molecule has 6 N–H and O–H groups in total. The number of phenols is 1. The smallest absolute Gasteiger partial charge is 0.490 e. The number of aryl methyl sites for hydroxylation is 2. The minimum atomic E-state index is -5.02. The van der Waals surface area contributed by atoms with Gasteiger partial charge in [0.25, 0.3) is 5.91 Å². The molecule has 0 radical (unpaired) electrons. The van der Waals surface area contributed by atoms with Crippen LogP contribution in [0, 0.1) is 13.8 Å². The molecule has 1 aliphatic heterocycles. The van der Waals surface area contributed by atoms with E-state index in [9.17, 15) is 42.6 Å². The molecule has 12 nitrogen and oxygen atoms in total. The van der Waals surface area contributed by atoms with Gasteiger partial charge in [0.2, 0.25) is 11.5 Å². The lowest BCUT2D eigenvalue weighted by atomic mass is 10.0. The van der Waals surface area contributed by atoms with E-state index in [1.807, 2.05) is 30.9 Å². The van der Waals surface area contributed by atoms with Gasteiger partial charge in [0.1, 0.15) is 11.9 Å². The third-order valence-electron chi connectivity index (χ3n) is 9.22. The van der Waals surface area contributed by atoms with Gasteiger partial charge in [-0.15, -0.1) is 0 Å². The number of amides is 2. The van der Waals surface area contributed by atoms with Crippen molar-refractivity contribution >= 4 is 34.4 Å². The molecule has 0 spiro atoms. The summed E-state index contributed by atoms with van der Waals surface area (Å²) in [4.78, 5) is 53.0. The van der Waals surface area contributed by atoms with Crippen LogP contribution in [0.1, 0.15) is 63.5 Å². The second kappa shape index (κ2) is 17.1. The third-order valence-corrected chi connectivity index (χ3v) is 9.22. The predicted molar refractivity (Wildman–Crippen MR) is 191 cm³/mol. The van der Waals surface area contributed by atoms with E-state index in [4.69, 9.17) is 0 Å². The van der Waals surface area contributed by atoms with E-state index >= 15 is 0 Å². The normalized spacial score (nSPS) is 14.5. The number of halogens is 3. The molecule has 0 aliphatic carbocycles. The van der Waals surface area contributed by atoms with Gasteiger partial charge < -0.3 is 40.8 Å². The molecular weight excluding hydrogens is 695 g/mol. The van der Waals surface area contributed by atoms with Gasteiger partial charge in [-0.25, -0.2) is 4.79 Å². The summed E-state index contributed by atoms with van der Waals surface area (Å²) in [6.45, 7) is 5.89. The first-order valence-corrected chi connectivity index (χ1v) is 17.2. The van der Waals surface area contributed by atoms with E-state index in [1.54, 1.807) is 36.4 Å². The van der Waals surface area contributed by atoms with Crippen molar-refractivity contribution in [2.45, 2.75) is 64.6 Å². The van der Waals surface area contributed by atoms with E-state index in [0.29, 0.717) is 48.4 Å². The van der Waals surface area contributed by atoms with E-state index in [-0.39, 0.29) is 61.0 Å². The number of carbonyl (C=O) groups is 3. The van der Waals surface area contributed by atoms with Crippen LogP contribution in [0.4, 0.5) is 18.9 Å². The number of nitrogens with one attached hydrogen (secondary N) is 4. The number of alkyl halides is 3. The number of esters is 1. The molecule has 2 amide bonds. The Hall–Kier alpha value is -5.25. The number of nitrogens with zero attached hydrogens (tertiary/aromatic N) is 1. The van der Waals surface area contributed by atoms with Crippen LogP contribution < -0.4 is 21.5 Å². The standard InChI is InChI=1S/C38H42F3N5O7/c1-22-17-30(23(2)16-26(22)20-42-21-32(48)28-6-8-31(47)35-29(28)7-9-34(50)45-35)44-36(51)25-5-3-4-24(18-25)19-43-33(49)12-15-46-13-10-27(11-14-46)53-37(52)38(39,40)41/h3-9,16-18,27,32,42,47-48H,10-15,19-21H2,1-2H3,(H,43,49)(H,44,51)(H,45,50)/t32-/m0/s1. The maximum atomic E-state index is 13.2. The highest BCUT2D eigenvalue weighted by molar-refractivity contribution is 6.04. The molecule has 282 valence electrons. The fourth-order valence-electron chi connectivity index (χ4n) is 6.24. The summed E-state index contributed by atoms with van der Waals surface area (Å²) in [5.74, 6) is -2.79. The second-order valence-corrected chi connectivity index (χ2v) is 13.2. The Labute approximate surface area is 303 Å². The highest BCUT2D eigenvalue weighted by atomic mass is 19.4. The predicted octanol–water partition coefficient (Wildman–Crippen LogP) is 4.50. The van der Waals surface area contributed by atoms with E-state index < -0.39 is 24.4 Å². The van der Waals surface area contributed by atoms with E-state index in [0.717, 1.165) is 22.3 Å². The van der Waals surface area contributed by atoms with Crippen LogP contribution in [0.5, 0.6) is 5.75 Å². The van der Waals surface area contributed by atoms with Gasteiger partial charge in [-0.1, -0.05) is 24.3 Å². The van der Waals surface area contributed by atoms with Crippen LogP contribution in [0.25, 0.3) is 10.9 Å². The number of aromatic nitrogens is 1. The maximum absolute atomic E-state index is 13.2. The summed E-state index contributed by atoms with van der Waals surface area (Å²) in [6.07, 6.45) is -6.02. The number of H-pyrrole nitrogens is 1. The quantitative estimate of drug-likeness (QED) is 0.108. The van der Waals surface area contributed by atoms with Gasteiger partial charge in [-0.05, 0) is 84.8 Å². The van der Waals surface area contributed by atoms with Crippen LogP contribution in [0.15, 0.2) is 65.5 Å². The number of fused-ring (bicyclic) bond motifs is 1. The SMILES string of the molecule is Cc1cc(NC(=O)c2cccc(CNC(=O)CCN3CCC(OC(=O)C(F)(F)F)CC3)c2)c(C)cc1CNC[C@H](O)c1ccc(O)c2[nH]c(=O)ccc12. The molecule has 0 bridgehead atoms. The van der Waals surface area contributed by atoms with Crippen molar-refractivity contribution in [3.8, 4) is 5.75 Å². The number of ether oxygens (including phenoxy) is 1. The number of aliphatic hydroxyl groups excluding tert-OH is 1. The molecule has 53 heavy (non-hydrogen) atoms. The van der Waals surface area contributed by atoms with Crippen LogP contribution in [0.3, 0.4) is 0 Å². The Balaban J connectivity index is 1.07. The molecule has 4 aromatic rings. The number of aliphatic hydroxyl groups is 1. The lowest BCUT2D eigenvalue weighted by Crippen LogP contribution is -2.41. The van der Waals surface area contributed by atoms with Gasteiger partial charge in [0.15, 0.2) is 0 Å². The van der Waals surface area contributed by atoms with Crippen molar-refractivity contribution in [1.82, 2.24) is 20.5 Å². The fourth-order valence-corrected chi connectivity index (χ4v) is 6.24. The Morgan fingerprint density at radius 3 is 2.49 bits per heavy atom. The minimum Gasteiger partial charge on any atom is -0.506 e. The summed E-state index contributed by atoms with van der Waals surface area (Å²) in [7, 11) is 0. The van der Waals surface area contributed by atoms with Crippen molar-refractivity contribution < 1.29 is 42.5 Å². The molecule has 2 heterocycles. The van der Waals surface area contributed by atoms with Gasteiger partial charge in [-0.3, -0.25) is 14.4 Å². The first kappa shape index (κ1) is 39.0. The second-order valence-electron chi connectivity index (χ2n) is 13.2. The molecule has 0 saturated carbocycles. The fraction of sp³-hybridized carbons (Fsp3) is 0.368. The van der Waals surface area contributed by atoms with Gasteiger partial charge in [0.05, 0.1) is 11.6 Å². The zero-order valence-electron chi connectivity index (χ0n) is 29.3. The number of rotatable bonds is 13. The van der Waals surface area contributed by atoms with Crippen molar-refractivity contribution in [1.29, 1.82) is 0 Å². The zero-order valence-corrected chi connectivity index (χ0v) is 29.3. The Kier molecular flexibility index (Phi) is 12.5. The molecular formula is C38H42F3N5O7. The minimum absolute atomic E-state index is 0.0802. The zero-order chi connectivity index (χ0) is 38.3. The molecule has 3 aromatic carbocycles. The number of benzene rings is 3. The molecule has 15 heteroatoms. The van der Waals surface area contributed by atoms with Gasteiger partial charge in [-0.2, -0.15) is 13.2 Å². The number of carbonyl (C=O) groups excluding carboxylic acids is 3. The van der Waals surface area contributed by atoms with Crippen molar-refractivity contribution in [2.24, 2.45) is 0 Å². The van der Waals surface area contributed by atoms with Crippen molar-refractivity contribution in [3.05, 3.63) is 104 Å². The molecule has 1 aliphatic rings. The van der Waals surface area contributed by atoms with E-state index in [1.165, 1.54) is 12.1 Å². The number of aromatic hydroxyl groups is 1. The average Bonchev–Trinajstić information content (AvgIpc) is 3.12. The number of piperidine rings is 1. The summed E-state index contributed by atoms with van der Waals surface area (Å²) < 4.78 is 41.8. The topological polar surface area (TPSA) is 173 Å². The van der Waals surface area contributed by atoms with E-state index in [2.05, 4.69) is 25.7 Å². The van der Waals surface area contributed by atoms with Crippen LogP contribution >= 0.6 is 0 Å². The Morgan fingerprint density at radius 2 is 1.75 bits per heavy atom. The first-order valence-electron chi connectivity index (χ1n) is 17.2. The molecule has 1 fully saturated rings. The summed E-state index contributed by atoms with van der Waals surface area (Å²) in [6, 6.07) is 16.7. The van der Waals surface area contributed by atoms with Gasteiger partial charge in [0, 0.05) is 68.4 Å². The number of hydrogen-bond acceptors (Lipinski definition) is 9. The Bertz CT molecular complexity index is 2030. The monoisotopic (exact) mass is 737 g/mol. The lowest BCUT2D eigenvalue weighted by molar-refractivity contribution is -0.206. The summed E-state index contributed by atoms with van der Waals surface area (Å²) in [5.41, 5.74) is 4.98. The van der Waals surface area contributed by atoms with Crippen LogP contribution in [-0.4, -0.2) is 76.3 Å². The molecule has 1 atom stereocenters.